The van der Waals surface area contributed by atoms with Crippen molar-refractivity contribution in [3.05, 3.63) is 35.4 Å². The molecule has 16 heavy (non-hydrogen) atoms. The van der Waals surface area contributed by atoms with Crippen LogP contribution in [0.15, 0.2) is 24.3 Å². The van der Waals surface area contributed by atoms with Gasteiger partial charge in [-0.05, 0) is 24.0 Å². The molecular weight excluding hydrogens is 196 g/mol. The second-order valence-electron chi connectivity index (χ2n) is 4.73. The van der Waals surface area contributed by atoms with Gasteiger partial charge in [0.25, 0.3) is 0 Å². The van der Waals surface area contributed by atoms with E-state index >= 15 is 0 Å². The molecule has 1 aromatic rings. The maximum Gasteiger partial charge on any atom is 0.0346 e. The van der Waals surface area contributed by atoms with Gasteiger partial charge in [-0.1, -0.05) is 38.1 Å². The standard InChI is InChI=1S/C14H22N2/c1-3-11-5-7-12(8-6-11)14(4-2)16-9-13(15)10-16/h5-8,13-14H,3-4,9-10,15H2,1-2H3. The van der Waals surface area contributed by atoms with Crippen molar-refractivity contribution in [2.45, 2.75) is 38.8 Å². The lowest BCUT2D eigenvalue weighted by Gasteiger charge is -2.42. The molecule has 0 aliphatic carbocycles. The summed E-state index contributed by atoms with van der Waals surface area (Å²) in [5.41, 5.74) is 8.70. The number of nitrogens with zero attached hydrogens (tertiary/aromatic N) is 1. The molecule has 0 radical (unpaired) electrons. The van der Waals surface area contributed by atoms with E-state index in [-0.39, 0.29) is 0 Å². The van der Waals surface area contributed by atoms with Gasteiger partial charge >= 0.3 is 0 Å². The summed E-state index contributed by atoms with van der Waals surface area (Å²) >= 11 is 0. The number of benzene rings is 1. The first-order valence-corrected chi connectivity index (χ1v) is 6.33. The van der Waals surface area contributed by atoms with Crippen LogP contribution in [0.1, 0.15) is 37.4 Å². The van der Waals surface area contributed by atoms with E-state index in [4.69, 9.17) is 5.73 Å². The van der Waals surface area contributed by atoms with E-state index in [0.29, 0.717) is 12.1 Å². The molecule has 2 N–H and O–H groups in total. The minimum absolute atomic E-state index is 0.393. The topological polar surface area (TPSA) is 29.3 Å². The summed E-state index contributed by atoms with van der Waals surface area (Å²) in [6.07, 6.45) is 2.28. The monoisotopic (exact) mass is 218 g/mol. The normalized spacial score (nSPS) is 19.4. The lowest BCUT2D eigenvalue weighted by molar-refractivity contribution is 0.0911. The summed E-state index contributed by atoms with van der Waals surface area (Å²) < 4.78 is 0. The summed E-state index contributed by atoms with van der Waals surface area (Å²) in [5, 5.41) is 0. The molecule has 0 aromatic heterocycles. The molecule has 2 rings (SSSR count). The SMILES string of the molecule is CCc1ccc(C(CC)N2CC(N)C2)cc1. The molecule has 1 heterocycles. The molecule has 1 aromatic carbocycles. The largest absolute Gasteiger partial charge is 0.325 e. The molecule has 0 saturated carbocycles. The van der Waals surface area contributed by atoms with E-state index in [9.17, 15) is 0 Å². The molecule has 1 aliphatic rings. The Morgan fingerprint density at radius 1 is 1.25 bits per heavy atom. The molecule has 1 aliphatic heterocycles. The Labute approximate surface area is 98.4 Å². The lowest BCUT2D eigenvalue weighted by atomic mass is 9.96. The van der Waals surface area contributed by atoms with Crippen molar-refractivity contribution < 1.29 is 0 Å². The van der Waals surface area contributed by atoms with Crippen molar-refractivity contribution in [1.82, 2.24) is 4.90 Å². The Kier molecular flexibility index (Phi) is 3.62. The zero-order chi connectivity index (χ0) is 11.5. The third-order valence-corrected chi connectivity index (χ3v) is 3.54. The molecule has 0 amide bonds. The van der Waals surface area contributed by atoms with Gasteiger partial charge in [0.05, 0.1) is 0 Å². The van der Waals surface area contributed by atoms with Crippen LogP contribution in [0, 0.1) is 0 Å². The van der Waals surface area contributed by atoms with Crippen molar-refractivity contribution in [1.29, 1.82) is 0 Å². The number of aryl methyl sites for hydroxylation is 1. The van der Waals surface area contributed by atoms with Crippen LogP contribution in [-0.2, 0) is 6.42 Å². The Morgan fingerprint density at radius 3 is 2.31 bits per heavy atom. The molecule has 1 atom stereocenters. The summed E-state index contributed by atoms with van der Waals surface area (Å²) in [7, 11) is 0. The highest BCUT2D eigenvalue weighted by Crippen LogP contribution is 2.28. The van der Waals surface area contributed by atoms with Crippen LogP contribution in [0.3, 0.4) is 0 Å². The van der Waals surface area contributed by atoms with E-state index in [1.807, 2.05) is 0 Å². The molecule has 2 heteroatoms. The van der Waals surface area contributed by atoms with Crippen molar-refractivity contribution >= 4 is 0 Å². The maximum absolute atomic E-state index is 5.84. The van der Waals surface area contributed by atoms with Gasteiger partial charge in [-0.15, -0.1) is 0 Å². The second-order valence-corrected chi connectivity index (χ2v) is 4.73. The first kappa shape index (κ1) is 11.6. The van der Waals surface area contributed by atoms with Crippen molar-refractivity contribution in [2.24, 2.45) is 5.73 Å². The van der Waals surface area contributed by atoms with Crippen LogP contribution in [0.2, 0.25) is 0 Å². The number of rotatable bonds is 4. The zero-order valence-electron chi connectivity index (χ0n) is 10.3. The second kappa shape index (κ2) is 4.98. The first-order valence-electron chi connectivity index (χ1n) is 6.33. The number of likely N-dealkylation sites (tertiary alicyclic amines) is 1. The molecule has 1 saturated heterocycles. The van der Waals surface area contributed by atoms with E-state index in [1.165, 1.54) is 11.1 Å². The molecule has 2 nitrogen and oxygen atoms in total. The summed E-state index contributed by atoms with van der Waals surface area (Å²) in [5.74, 6) is 0. The fourth-order valence-electron chi connectivity index (χ4n) is 2.48. The Morgan fingerprint density at radius 2 is 1.88 bits per heavy atom. The van der Waals surface area contributed by atoms with Gasteiger partial charge in [0.15, 0.2) is 0 Å². The minimum atomic E-state index is 0.393. The van der Waals surface area contributed by atoms with E-state index in [0.717, 1.165) is 25.9 Å². The van der Waals surface area contributed by atoms with Gasteiger partial charge in [-0.25, -0.2) is 0 Å². The Hall–Kier alpha value is -0.860. The predicted octanol–water partition coefficient (Wildman–Crippen LogP) is 2.34. The van der Waals surface area contributed by atoms with E-state index in [1.54, 1.807) is 0 Å². The highest BCUT2D eigenvalue weighted by Gasteiger charge is 2.29. The lowest BCUT2D eigenvalue weighted by Crippen LogP contribution is -2.56. The number of hydrogen-bond donors (Lipinski definition) is 1. The smallest absolute Gasteiger partial charge is 0.0346 e. The van der Waals surface area contributed by atoms with Gasteiger partial charge < -0.3 is 5.73 Å². The predicted molar refractivity (Wildman–Crippen MR) is 68.4 cm³/mol. The minimum Gasteiger partial charge on any atom is -0.325 e. The van der Waals surface area contributed by atoms with E-state index < -0.39 is 0 Å². The Balaban J connectivity index is 2.07. The fourth-order valence-corrected chi connectivity index (χ4v) is 2.48. The first-order chi connectivity index (χ1) is 7.74. The molecule has 88 valence electrons. The molecular formula is C14H22N2. The third-order valence-electron chi connectivity index (χ3n) is 3.54. The van der Waals surface area contributed by atoms with Crippen molar-refractivity contribution in [3.8, 4) is 0 Å². The van der Waals surface area contributed by atoms with Crippen molar-refractivity contribution in [2.75, 3.05) is 13.1 Å². The van der Waals surface area contributed by atoms with Gasteiger partial charge in [0, 0.05) is 25.2 Å². The molecule has 0 bridgehead atoms. The average molecular weight is 218 g/mol. The van der Waals surface area contributed by atoms with Gasteiger partial charge in [-0.3, -0.25) is 4.90 Å². The van der Waals surface area contributed by atoms with Crippen molar-refractivity contribution in [3.63, 3.8) is 0 Å². The highest BCUT2D eigenvalue weighted by molar-refractivity contribution is 5.25. The summed E-state index contributed by atoms with van der Waals surface area (Å²) in [4.78, 5) is 2.48. The zero-order valence-corrected chi connectivity index (χ0v) is 10.3. The van der Waals surface area contributed by atoms with Crippen LogP contribution in [0.25, 0.3) is 0 Å². The quantitative estimate of drug-likeness (QED) is 0.840. The third kappa shape index (κ3) is 2.28. The van der Waals surface area contributed by atoms with Crippen LogP contribution in [-0.4, -0.2) is 24.0 Å². The number of hydrogen-bond acceptors (Lipinski definition) is 2. The summed E-state index contributed by atoms with van der Waals surface area (Å²) in [6, 6.07) is 10.00. The van der Waals surface area contributed by atoms with Crippen LogP contribution in [0.5, 0.6) is 0 Å². The fraction of sp³-hybridized carbons (Fsp3) is 0.571. The van der Waals surface area contributed by atoms with Gasteiger partial charge in [0.1, 0.15) is 0 Å². The summed E-state index contributed by atoms with van der Waals surface area (Å²) in [6.45, 7) is 6.55. The van der Waals surface area contributed by atoms with Crippen LogP contribution in [0.4, 0.5) is 0 Å². The van der Waals surface area contributed by atoms with Gasteiger partial charge in [0.2, 0.25) is 0 Å². The Bertz CT molecular complexity index is 325. The van der Waals surface area contributed by atoms with Crippen LogP contribution < -0.4 is 5.73 Å². The molecule has 0 spiro atoms. The number of nitrogens with two attached hydrogens (primary N) is 1. The van der Waals surface area contributed by atoms with Gasteiger partial charge in [-0.2, -0.15) is 0 Å². The maximum atomic E-state index is 5.84. The molecule has 1 unspecified atom stereocenters. The molecule has 1 fully saturated rings. The van der Waals surface area contributed by atoms with E-state index in [2.05, 4.69) is 43.0 Å². The highest BCUT2D eigenvalue weighted by atomic mass is 15.2. The van der Waals surface area contributed by atoms with Crippen LogP contribution >= 0.6 is 0 Å². The average Bonchev–Trinajstić information content (AvgIpc) is 2.28.